The van der Waals surface area contributed by atoms with Crippen LogP contribution in [-0.4, -0.2) is 60.9 Å². The molecule has 0 atom stereocenters. The van der Waals surface area contributed by atoms with Gasteiger partial charge >= 0.3 is 0 Å². The van der Waals surface area contributed by atoms with Crippen LogP contribution in [0.4, 0.5) is 0 Å². The van der Waals surface area contributed by atoms with Crippen molar-refractivity contribution < 1.29 is 17.9 Å². The number of methoxy groups -OCH3 is 1. The monoisotopic (exact) mass is 486 g/mol. The number of morpholine rings is 1. The van der Waals surface area contributed by atoms with Crippen LogP contribution in [0.3, 0.4) is 0 Å². The number of nitrogens with zero attached hydrogens (tertiary/aromatic N) is 4. The van der Waals surface area contributed by atoms with E-state index in [2.05, 4.69) is 16.8 Å². The van der Waals surface area contributed by atoms with Crippen molar-refractivity contribution in [2.24, 2.45) is 0 Å². The van der Waals surface area contributed by atoms with E-state index >= 15 is 0 Å². The van der Waals surface area contributed by atoms with Crippen molar-refractivity contribution in [3.8, 4) is 17.1 Å². The van der Waals surface area contributed by atoms with Crippen molar-refractivity contribution in [2.75, 3.05) is 33.4 Å². The number of thioether (sulfide) groups is 1. The molecule has 8 nitrogen and oxygen atoms in total. The van der Waals surface area contributed by atoms with Crippen molar-refractivity contribution in [3.05, 3.63) is 66.7 Å². The van der Waals surface area contributed by atoms with Crippen LogP contribution in [0.2, 0.25) is 0 Å². The molecule has 4 rings (SSSR count). The molecule has 0 saturated carbocycles. The molecule has 1 aliphatic rings. The molecule has 0 amide bonds. The molecule has 0 aliphatic carbocycles. The average Bonchev–Trinajstić information content (AvgIpc) is 3.26. The van der Waals surface area contributed by atoms with Crippen LogP contribution in [0.5, 0.6) is 5.75 Å². The average molecular weight is 487 g/mol. The number of hydrogen-bond donors (Lipinski definition) is 0. The Labute approximate surface area is 198 Å². The van der Waals surface area contributed by atoms with Crippen molar-refractivity contribution in [3.63, 3.8) is 0 Å². The van der Waals surface area contributed by atoms with Gasteiger partial charge in [-0.05, 0) is 29.8 Å². The van der Waals surface area contributed by atoms with E-state index in [9.17, 15) is 8.42 Å². The second-order valence-corrected chi connectivity index (χ2v) is 10.2. The molecule has 10 heteroatoms. The van der Waals surface area contributed by atoms with Gasteiger partial charge in [0.15, 0.2) is 11.0 Å². The fourth-order valence-electron chi connectivity index (χ4n) is 3.60. The minimum absolute atomic E-state index is 0.296. The molecule has 0 bridgehead atoms. The van der Waals surface area contributed by atoms with Gasteiger partial charge in [0.1, 0.15) is 5.75 Å². The molecule has 1 fully saturated rings. The fraction of sp³-hybridized carbons (Fsp3) is 0.304. The van der Waals surface area contributed by atoms with Crippen LogP contribution in [0.25, 0.3) is 11.4 Å². The van der Waals surface area contributed by atoms with Crippen LogP contribution in [0.15, 0.2) is 71.2 Å². The van der Waals surface area contributed by atoms with Gasteiger partial charge in [-0.15, -0.1) is 16.8 Å². The minimum atomic E-state index is -3.54. The first-order valence-corrected chi connectivity index (χ1v) is 12.9. The van der Waals surface area contributed by atoms with E-state index in [1.807, 2.05) is 34.9 Å². The maximum atomic E-state index is 13.0. The number of benzene rings is 2. The summed E-state index contributed by atoms with van der Waals surface area (Å²) >= 11 is 1.50. The largest absolute Gasteiger partial charge is 0.496 e. The summed E-state index contributed by atoms with van der Waals surface area (Å²) in [7, 11) is -1.91. The normalized spacial score (nSPS) is 14.8. The van der Waals surface area contributed by atoms with Crippen molar-refractivity contribution in [2.45, 2.75) is 22.3 Å². The highest BCUT2D eigenvalue weighted by Crippen LogP contribution is 2.32. The summed E-state index contributed by atoms with van der Waals surface area (Å²) in [5, 5.41) is 9.49. The lowest BCUT2D eigenvalue weighted by Crippen LogP contribution is -2.40. The van der Waals surface area contributed by atoms with Crippen LogP contribution in [-0.2, 0) is 27.1 Å². The second kappa shape index (κ2) is 10.5. The molecule has 2 heterocycles. The highest BCUT2D eigenvalue weighted by molar-refractivity contribution is 7.98. The minimum Gasteiger partial charge on any atom is -0.496 e. The number of aromatic nitrogens is 3. The van der Waals surface area contributed by atoms with Crippen molar-refractivity contribution >= 4 is 21.8 Å². The van der Waals surface area contributed by atoms with Gasteiger partial charge in [-0.25, -0.2) is 8.42 Å². The van der Waals surface area contributed by atoms with E-state index < -0.39 is 10.0 Å². The van der Waals surface area contributed by atoms with Crippen LogP contribution in [0.1, 0.15) is 5.56 Å². The molecule has 174 valence electrons. The summed E-state index contributed by atoms with van der Waals surface area (Å²) < 4.78 is 40.2. The van der Waals surface area contributed by atoms with Gasteiger partial charge in [-0.3, -0.25) is 4.57 Å². The van der Waals surface area contributed by atoms with Crippen LogP contribution in [0, 0.1) is 0 Å². The zero-order chi connectivity index (χ0) is 23.3. The summed E-state index contributed by atoms with van der Waals surface area (Å²) in [6, 6.07) is 14.7. The third-order valence-electron chi connectivity index (χ3n) is 5.25. The molecule has 1 aliphatic heterocycles. The first kappa shape index (κ1) is 23.5. The van der Waals surface area contributed by atoms with Crippen LogP contribution < -0.4 is 4.74 Å². The zero-order valence-electron chi connectivity index (χ0n) is 18.4. The Bertz CT molecular complexity index is 1220. The first-order chi connectivity index (χ1) is 16.0. The summed E-state index contributed by atoms with van der Waals surface area (Å²) in [6.07, 6.45) is 1.79. The molecule has 0 spiro atoms. The van der Waals surface area contributed by atoms with Gasteiger partial charge in [0.05, 0.1) is 30.8 Å². The van der Waals surface area contributed by atoms with Gasteiger partial charge in [-0.2, -0.15) is 4.31 Å². The van der Waals surface area contributed by atoms with Crippen LogP contribution >= 0.6 is 11.8 Å². The van der Waals surface area contributed by atoms with E-state index in [1.165, 1.54) is 16.1 Å². The lowest BCUT2D eigenvalue weighted by Gasteiger charge is -2.26. The zero-order valence-corrected chi connectivity index (χ0v) is 20.0. The molecular weight excluding hydrogens is 460 g/mol. The number of rotatable bonds is 9. The molecule has 1 aromatic heterocycles. The van der Waals surface area contributed by atoms with Crippen molar-refractivity contribution in [1.82, 2.24) is 19.1 Å². The van der Waals surface area contributed by atoms with E-state index in [-0.39, 0.29) is 0 Å². The topological polar surface area (TPSA) is 86.6 Å². The SMILES string of the molecule is C=CCn1c(SCc2cccc(S(=O)(=O)N3CCOCC3)c2)nnc1-c1ccccc1OC. The lowest BCUT2D eigenvalue weighted by atomic mass is 10.2. The molecule has 33 heavy (non-hydrogen) atoms. The maximum Gasteiger partial charge on any atom is 0.243 e. The maximum absolute atomic E-state index is 13.0. The Morgan fingerprint density at radius 2 is 1.94 bits per heavy atom. The smallest absolute Gasteiger partial charge is 0.243 e. The highest BCUT2D eigenvalue weighted by Gasteiger charge is 2.26. The molecule has 0 unspecified atom stereocenters. The number of sulfonamides is 1. The molecule has 0 radical (unpaired) electrons. The van der Waals surface area contributed by atoms with E-state index in [0.717, 1.165) is 16.3 Å². The van der Waals surface area contributed by atoms with Gasteiger partial charge in [-0.1, -0.05) is 42.1 Å². The lowest BCUT2D eigenvalue weighted by molar-refractivity contribution is 0.0730. The predicted molar refractivity (Wildman–Crippen MR) is 128 cm³/mol. The molecule has 1 saturated heterocycles. The molecule has 0 N–H and O–H groups in total. The summed E-state index contributed by atoms with van der Waals surface area (Å²) in [4.78, 5) is 0.296. The Morgan fingerprint density at radius 3 is 2.70 bits per heavy atom. The van der Waals surface area contributed by atoms with E-state index in [1.54, 1.807) is 31.4 Å². The quantitative estimate of drug-likeness (QED) is 0.338. The van der Waals surface area contributed by atoms with E-state index in [4.69, 9.17) is 9.47 Å². The standard InChI is InChI=1S/C23H26N4O4S2/c1-3-11-27-22(20-9-4-5-10-21(20)30-2)24-25-23(27)32-17-18-7-6-8-19(16-18)33(28,29)26-12-14-31-15-13-26/h3-10,16H,1,11-15,17H2,2H3. The number of hydrogen-bond acceptors (Lipinski definition) is 7. The Kier molecular flexibility index (Phi) is 7.49. The number of allylic oxidation sites excluding steroid dienone is 1. The van der Waals surface area contributed by atoms with Gasteiger partial charge in [0.25, 0.3) is 0 Å². The highest BCUT2D eigenvalue weighted by atomic mass is 32.2. The Hall–Kier alpha value is -2.66. The predicted octanol–water partition coefficient (Wildman–Crippen LogP) is 3.45. The van der Waals surface area contributed by atoms with Gasteiger partial charge < -0.3 is 9.47 Å². The Morgan fingerprint density at radius 1 is 1.15 bits per heavy atom. The molecular formula is C23H26N4O4S2. The summed E-state index contributed by atoms with van der Waals surface area (Å²) in [6.45, 7) is 5.98. The van der Waals surface area contributed by atoms with Crippen molar-refractivity contribution in [1.29, 1.82) is 0 Å². The molecule has 3 aromatic rings. The third kappa shape index (κ3) is 5.14. The first-order valence-electron chi connectivity index (χ1n) is 10.5. The van der Waals surface area contributed by atoms with Gasteiger partial charge in [0, 0.05) is 25.4 Å². The van der Waals surface area contributed by atoms with E-state index in [0.29, 0.717) is 55.1 Å². The summed E-state index contributed by atoms with van der Waals surface area (Å²) in [5.74, 6) is 1.96. The molecule has 2 aromatic carbocycles. The summed E-state index contributed by atoms with van der Waals surface area (Å²) in [5.41, 5.74) is 1.74. The Balaban J connectivity index is 1.56. The van der Waals surface area contributed by atoms with Gasteiger partial charge in [0.2, 0.25) is 10.0 Å². The second-order valence-electron chi connectivity index (χ2n) is 7.36. The third-order valence-corrected chi connectivity index (χ3v) is 8.18. The fourth-order valence-corrected chi connectivity index (χ4v) is 5.97. The number of para-hydroxylation sites is 1. The number of ether oxygens (including phenoxy) is 2.